The number of nitrogens with one attached hydrogen (secondary N) is 2. The Morgan fingerprint density at radius 1 is 1.16 bits per heavy atom. The average molecular weight is 274 g/mol. The fourth-order valence-corrected chi connectivity index (χ4v) is 2.34. The third-order valence-electron chi connectivity index (χ3n) is 2.46. The van der Waals surface area contributed by atoms with Gasteiger partial charge in [0.2, 0.25) is 0 Å². The molecule has 0 aliphatic carbocycles. The Labute approximate surface area is 115 Å². The largest absolute Gasteiger partial charge is 0.351 e. The van der Waals surface area contributed by atoms with E-state index in [1.54, 1.807) is 17.8 Å². The lowest BCUT2D eigenvalue weighted by Gasteiger charge is -2.04. The molecule has 0 unspecified atom stereocenters. The van der Waals surface area contributed by atoms with Crippen LogP contribution in [-0.4, -0.2) is 23.2 Å². The number of thioether (sulfide) groups is 1. The van der Waals surface area contributed by atoms with Crippen LogP contribution >= 0.6 is 11.8 Å². The van der Waals surface area contributed by atoms with Crippen LogP contribution < -0.4 is 10.9 Å². The van der Waals surface area contributed by atoms with E-state index in [1.807, 2.05) is 30.3 Å². The van der Waals surface area contributed by atoms with E-state index in [1.165, 1.54) is 12.3 Å². The van der Waals surface area contributed by atoms with Gasteiger partial charge in [-0.1, -0.05) is 18.2 Å². The maximum absolute atomic E-state index is 11.7. The highest BCUT2D eigenvalue weighted by atomic mass is 32.2. The molecule has 0 saturated heterocycles. The number of amides is 1. The van der Waals surface area contributed by atoms with Crippen LogP contribution in [0, 0.1) is 0 Å². The fraction of sp³-hybridized carbons (Fsp3) is 0.143. The predicted molar refractivity (Wildman–Crippen MR) is 76.6 cm³/mol. The lowest BCUT2D eigenvalue weighted by atomic mass is 10.2. The van der Waals surface area contributed by atoms with E-state index in [4.69, 9.17) is 0 Å². The first-order valence-electron chi connectivity index (χ1n) is 5.91. The smallest absolute Gasteiger partial charge is 0.260 e. The zero-order chi connectivity index (χ0) is 13.5. The average Bonchev–Trinajstić information content (AvgIpc) is 2.45. The van der Waals surface area contributed by atoms with Gasteiger partial charge in [0.15, 0.2) is 0 Å². The number of carbonyl (C=O) groups excluding carboxylic acids is 1. The summed E-state index contributed by atoms with van der Waals surface area (Å²) in [5.41, 5.74) is -0.220. The van der Waals surface area contributed by atoms with Crippen molar-refractivity contribution in [2.45, 2.75) is 4.90 Å². The Morgan fingerprint density at radius 3 is 2.68 bits per heavy atom. The second-order valence-electron chi connectivity index (χ2n) is 3.83. The minimum Gasteiger partial charge on any atom is -0.351 e. The number of aromatic nitrogens is 1. The summed E-state index contributed by atoms with van der Waals surface area (Å²) in [6.45, 7) is 0.521. The summed E-state index contributed by atoms with van der Waals surface area (Å²) in [7, 11) is 0. The molecule has 2 aromatic rings. The molecule has 0 fully saturated rings. The Bertz CT molecular complexity index is 596. The van der Waals surface area contributed by atoms with Crippen LogP contribution in [-0.2, 0) is 0 Å². The molecule has 2 rings (SSSR count). The molecule has 0 spiro atoms. The number of pyridine rings is 1. The number of carbonyl (C=O) groups is 1. The molecule has 0 bridgehead atoms. The summed E-state index contributed by atoms with van der Waals surface area (Å²) in [5, 5.41) is 2.73. The van der Waals surface area contributed by atoms with Gasteiger partial charge in [-0.2, -0.15) is 0 Å². The lowest BCUT2D eigenvalue weighted by Crippen LogP contribution is -2.30. The quantitative estimate of drug-likeness (QED) is 0.646. The molecule has 19 heavy (non-hydrogen) atoms. The summed E-state index contributed by atoms with van der Waals surface area (Å²) in [6.07, 6.45) is 1.50. The van der Waals surface area contributed by atoms with E-state index < -0.39 is 0 Å². The van der Waals surface area contributed by atoms with Crippen molar-refractivity contribution >= 4 is 17.7 Å². The van der Waals surface area contributed by atoms with E-state index in [-0.39, 0.29) is 17.0 Å². The van der Waals surface area contributed by atoms with Crippen molar-refractivity contribution in [2.24, 2.45) is 0 Å². The third kappa shape index (κ3) is 3.99. The van der Waals surface area contributed by atoms with Gasteiger partial charge in [0.25, 0.3) is 11.5 Å². The molecule has 4 nitrogen and oxygen atoms in total. The Morgan fingerprint density at radius 2 is 1.95 bits per heavy atom. The standard InChI is InChI=1S/C14H14N2O2S/c17-13-12(7-4-8-15-13)14(18)16-9-10-19-11-5-2-1-3-6-11/h1-8H,9-10H2,(H,15,17)(H,16,18). The maximum Gasteiger partial charge on any atom is 0.260 e. The summed E-state index contributed by atoms with van der Waals surface area (Å²) >= 11 is 1.66. The normalized spacial score (nSPS) is 10.1. The van der Waals surface area contributed by atoms with Crippen molar-refractivity contribution in [3.8, 4) is 0 Å². The van der Waals surface area contributed by atoms with Crippen molar-refractivity contribution in [3.63, 3.8) is 0 Å². The van der Waals surface area contributed by atoms with Crippen LogP contribution in [0.4, 0.5) is 0 Å². The molecule has 1 amide bonds. The second-order valence-corrected chi connectivity index (χ2v) is 5.00. The SMILES string of the molecule is O=C(NCCSc1ccccc1)c1ccc[nH]c1=O. The molecular weight excluding hydrogens is 260 g/mol. The molecule has 1 aromatic heterocycles. The summed E-state index contributed by atoms with van der Waals surface area (Å²) < 4.78 is 0. The summed E-state index contributed by atoms with van der Waals surface area (Å²) in [5.74, 6) is 0.427. The van der Waals surface area contributed by atoms with Gasteiger partial charge in [0, 0.05) is 23.4 Å². The fourth-order valence-electron chi connectivity index (χ4n) is 1.55. The van der Waals surface area contributed by atoms with E-state index >= 15 is 0 Å². The van der Waals surface area contributed by atoms with Crippen LogP contribution in [0.2, 0.25) is 0 Å². The molecular formula is C14H14N2O2S. The molecule has 0 aliphatic rings. The minimum atomic E-state index is -0.365. The van der Waals surface area contributed by atoms with Crippen molar-refractivity contribution in [2.75, 3.05) is 12.3 Å². The first-order valence-corrected chi connectivity index (χ1v) is 6.89. The van der Waals surface area contributed by atoms with Crippen molar-refractivity contribution < 1.29 is 4.79 Å². The molecule has 0 saturated carbocycles. The molecule has 0 aliphatic heterocycles. The van der Waals surface area contributed by atoms with Gasteiger partial charge in [-0.05, 0) is 24.3 Å². The Kier molecular flexibility index (Phi) is 4.80. The first-order chi connectivity index (χ1) is 9.27. The minimum absolute atomic E-state index is 0.146. The van der Waals surface area contributed by atoms with Gasteiger partial charge >= 0.3 is 0 Å². The van der Waals surface area contributed by atoms with Gasteiger partial charge in [0.05, 0.1) is 0 Å². The molecule has 1 aromatic carbocycles. The number of hydrogen-bond donors (Lipinski definition) is 2. The number of H-pyrrole nitrogens is 1. The third-order valence-corrected chi connectivity index (χ3v) is 3.48. The predicted octanol–water partition coefficient (Wildman–Crippen LogP) is 1.90. The zero-order valence-electron chi connectivity index (χ0n) is 10.3. The summed E-state index contributed by atoms with van der Waals surface area (Å²) in [6, 6.07) is 13.1. The van der Waals surface area contributed by atoms with Gasteiger partial charge in [-0.25, -0.2) is 0 Å². The molecule has 5 heteroatoms. The van der Waals surface area contributed by atoms with Crippen molar-refractivity contribution in [3.05, 3.63) is 64.6 Å². The highest BCUT2D eigenvalue weighted by molar-refractivity contribution is 7.99. The lowest BCUT2D eigenvalue weighted by molar-refractivity contribution is 0.0954. The van der Waals surface area contributed by atoms with Crippen LogP contribution in [0.5, 0.6) is 0 Å². The summed E-state index contributed by atoms with van der Waals surface area (Å²) in [4.78, 5) is 26.8. The van der Waals surface area contributed by atoms with Crippen molar-refractivity contribution in [1.29, 1.82) is 0 Å². The van der Waals surface area contributed by atoms with E-state index in [9.17, 15) is 9.59 Å². The Hall–Kier alpha value is -2.01. The van der Waals surface area contributed by atoms with Gasteiger partial charge < -0.3 is 10.3 Å². The molecule has 0 radical (unpaired) electrons. The molecule has 0 atom stereocenters. The van der Waals surface area contributed by atoms with Gasteiger partial charge in [-0.3, -0.25) is 9.59 Å². The second kappa shape index (κ2) is 6.80. The molecule has 98 valence electrons. The zero-order valence-corrected chi connectivity index (χ0v) is 11.1. The van der Waals surface area contributed by atoms with Gasteiger partial charge in [-0.15, -0.1) is 11.8 Å². The number of aromatic amines is 1. The van der Waals surface area contributed by atoms with Gasteiger partial charge in [0.1, 0.15) is 5.56 Å². The maximum atomic E-state index is 11.7. The van der Waals surface area contributed by atoms with E-state index in [2.05, 4.69) is 10.3 Å². The van der Waals surface area contributed by atoms with Crippen LogP contribution in [0.3, 0.4) is 0 Å². The number of rotatable bonds is 5. The topological polar surface area (TPSA) is 62.0 Å². The first kappa shape index (κ1) is 13.4. The van der Waals surface area contributed by atoms with E-state index in [0.717, 1.165) is 10.6 Å². The number of benzene rings is 1. The highest BCUT2D eigenvalue weighted by Gasteiger charge is 2.08. The van der Waals surface area contributed by atoms with E-state index in [0.29, 0.717) is 6.54 Å². The number of hydrogen-bond acceptors (Lipinski definition) is 3. The van der Waals surface area contributed by atoms with Crippen LogP contribution in [0.25, 0.3) is 0 Å². The van der Waals surface area contributed by atoms with Crippen LogP contribution in [0.15, 0.2) is 58.4 Å². The Balaban J connectivity index is 1.79. The van der Waals surface area contributed by atoms with Crippen LogP contribution in [0.1, 0.15) is 10.4 Å². The monoisotopic (exact) mass is 274 g/mol. The molecule has 2 N–H and O–H groups in total. The molecule has 1 heterocycles. The highest BCUT2D eigenvalue weighted by Crippen LogP contribution is 2.15. The van der Waals surface area contributed by atoms with Crippen molar-refractivity contribution in [1.82, 2.24) is 10.3 Å².